The Hall–Kier alpha value is -2.13. The number of hydrogen-bond acceptors (Lipinski definition) is 8. The van der Waals surface area contributed by atoms with Crippen molar-refractivity contribution in [3.05, 3.63) is 39.0 Å². The third-order valence-corrected chi connectivity index (χ3v) is 7.87. The van der Waals surface area contributed by atoms with Gasteiger partial charge in [-0.15, -0.1) is 11.3 Å². The fourth-order valence-electron chi connectivity index (χ4n) is 4.77. The maximum absolute atomic E-state index is 6.52. The summed E-state index contributed by atoms with van der Waals surface area (Å²) in [5.41, 5.74) is 2.46. The molecule has 0 saturated carbocycles. The van der Waals surface area contributed by atoms with Gasteiger partial charge < -0.3 is 19.5 Å². The Bertz CT molecular complexity index is 1180. The number of aryl methyl sites for hydroxylation is 2. The summed E-state index contributed by atoms with van der Waals surface area (Å²) in [5.74, 6) is 3.15. The number of hydrogen-bond donors (Lipinski definition) is 1. The minimum atomic E-state index is 0.587. The first kappa shape index (κ1) is 21.4. The van der Waals surface area contributed by atoms with E-state index in [9.17, 15) is 0 Å². The van der Waals surface area contributed by atoms with Crippen molar-refractivity contribution in [1.29, 1.82) is 0 Å². The third kappa shape index (κ3) is 4.37. The number of aromatic nitrogens is 2. The van der Waals surface area contributed by atoms with Crippen molar-refractivity contribution in [3.63, 3.8) is 0 Å². The Labute approximate surface area is 202 Å². The number of fused-ring (bicyclic) bond motifs is 4. The standard InChI is InChI=1S/C24H27ClN4O3S/c25-17-11-15(12-18-22(17)32-8-2-7-31-18)13-26-23-21-16-3-1-4-19(16)33-24(21)28-20(27-23)14-29-5-9-30-10-6-29/h11-12H,1-10,13-14H2,(H,26,27,28). The van der Waals surface area contributed by atoms with Gasteiger partial charge in [0.05, 0.1) is 43.4 Å². The zero-order valence-electron chi connectivity index (χ0n) is 18.5. The average molecular weight is 487 g/mol. The number of benzene rings is 1. The Balaban J connectivity index is 1.30. The first-order valence-corrected chi connectivity index (χ1v) is 12.9. The number of halogens is 1. The van der Waals surface area contributed by atoms with Gasteiger partial charge in [-0.1, -0.05) is 11.6 Å². The number of nitrogens with zero attached hydrogens (tertiary/aromatic N) is 3. The highest BCUT2D eigenvalue weighted by atomic mass is 35.5. The minimum Gasteiger partial charge on any atom is -0.489 e. The first-order chi connectivity index (χ1) is 16.2. The van der Waals surface area contributed by atoms with Gasteiger partial charge in [0, 0.05) is 30.9 Å². The molecule has 9 heteroatoms. The number of thiophene rings is 1. The third-order valence-electron chi connectivity index (χ3n) is 6.40. The molecule has 7 nitrogen and oxygen atoms in total. The molecule has 2 aromatic heterocycles. The van der Waals surface area contributed by atoms with E-state index in [1.807, 2.05) is 23.5 Å². The van der Waals surface area contributed by atoms with Gasteiger partial charge in [-0.2, -0.15) is 0 Å². The lowest BCUT2D eigenvalue weighted by atomic mass is 10.1. The van der Waals surface area contributed by atoms with E-state index >= 15 is 0 Å². The number of rotatable bonds is 5. The quantitative estimate of drug-likeness (QED) is 0.571. The normalized spacial score (nSPS) is 18.3. The van der Waals surface area contributed by atoms with Gasteiger partial charge in [0.1, 0.15) is 16.5 Å². The molecule has 1 aromatic carbocycles. The lowest BCUT2D eigenvalue weighted by molar-refractivity contribution is 0.0331. The molecule has 0 spiro atoms. The molecule has 0 amide bonds. The molecule has 0 atom stereocenters. The molecule has 1 fully saturated rings. The van der Waals surface area contributed by atoms with Crippen molar-refractivity contribution < 1.29 is 14.2 Å². The SMILES string of the molecule is Clc1cc(CNc2nc(CN3CCOCC3)nc3sc4c(c23)CCC4)cc2c1OCCCO2. The van der Waals surface area contributed by atoms with E-state index < -0.39 is 0 Å². The van der Waals surface area contributed by atoms with Crippen LogP contribution in [0.4, 0.5) is 5.82 Å². The largest absolute Gasteiger partial charge is 0.489 e. The Morgan fingerprint density at radius 3 is 2.82 bits per heavy atom. The van der Waals surface area contributed by atoms with Crippen molar-refractivity contribution in [2.75, 3.05) is 44.8 Å². The zero-order chi connectivity index (χ0) is 22.2. The summed E-state index contributed by atoms with van der Waals surface area (Å²) in [6.45, 7) is 5.98. The lowest BCUT2D eigenvalue weighted by Gasteiger charge is -2.25. The first-order valence-electron chi connectivity index (χ1n) is 11.7. The van der Waals surface area contributed by atoms with E-state index in [1.54, 1.807) is 0 Å². The van der Waals surface area contributed by atoms with Crippen molar-refractivity contribution in [2.45, 2.75) is 38.8 Å². The lowest BCUT2D eigenvalue weighted by Crippen LogP contribution is -2.36. The van der Waals surface area contributed by atoms with Gasteiger partial charge in [0.25, 0.3) is 0 Å². The van der Waals surface area contributed by atoms with Gasteiger partial charge in [-0.05, 0) is 42.5 Å². The highest BCUT2D eigenvalue weighted by Crippen LogP contribution is 2.41. The molecule has 3 aliphatic rings. The summed E-state index contributed by atoms with van der Waals surface area (Å²) in [6.07, 6.45) is 4.31. The molecule has 0 radical (unpaired) electrons. The zero-order valence-corrected chi connectivity index (χ0v) is 20.1. The number of ether oxygens (including phenoxy) is 3. The van der Waals surface area contributed by atoms with Gasteiger partial charge in [0.15, 0.2) is 11.5 Å². The van der Waals surface area contributed by atoms with Crippen LogP contribution in [0.2, 0.25) is 5.02 Å². The Morgan fingerprint density at radius 2 is 1.91 bits per heavy atom. The molecule has 0 unspecified atom stereocenters. The van der Waals surface area contributed by atoms with Crippen LogP contribution in [0.3, 0.4) is 0 Å². The van der Waals surface area contributed by atoms with E-state index in [0.29, 0.717) is 36.3 Å². The highest BCUT2D eigenvalue weighted by molar-refractivity contribution is 7.19. The second-order valence-electron chi connectivity index (χ2n) is 8.72. The summed E-state index contributed by atoms with van der Waals surface area (Å²) in [5, 5.41) is 5.38. The van der Waals surface area contributed by atoms with Gasteiger partial charge in [-0.25, -0.2) is 9.97 Å². The van der Waals surface area contributed by atoms with E-state index in [1.165, 1.54) is 22.2 Å². The second-order valence-corrected chi connectivity index (χ2v) is 10.2. The molecule has 33 heavy (non-hydrogen) atoms. The predicted octanol–water partition coefficient (Wildman–Crippen LogP) is 4.44. The van der Waals surface area contributed by atoms with Gasteiger partial charge >= 0.3 is 0 Å². The molecule has 0 bridgehead atoms. The molecule has 3 aromatic rings. The molecule has 1 saturated heterocycles. The molecular weight excluding hydrogens is 460 g/mol. The smallest absolute Gasteiger partial charge is 0.179 e. The van der Waals surface area contributed by atoms with Crippen LogP contribution in [-0.4, -0.2) is 54.4 Å². The number of morpholine rings is 1. The summed E-state index contributed by atoms with van der Waals surface area (Å²) in [4.78, 5) is 14.9. The molecular formula is C24H27ClN4O3S. The predicted molar refractivity (Wildman–Crippen MR) is 130 cm³/mol. The van der Waals surface area contributed by atoms with Crippen molar-refractivity contribution in [1.82, 2.24) is 14.9 Å². The fourth-order valence-corrected chi connectivity index (χ4v) is 6.34. The van der Waals surface area contributed by atoms with Gasteiger partial charge in [-0.3, -0.25) is 4.90 Å². The average Bonchev–Trinajstić information content (AvgIpc) is 3.31. The fraction of sp³-hybridized carbons (Fsp3) is 0.500. The molecule has 174 valence electrons. The van der Waals surface area contributed by atoms with Crippen LogP contribution in [-0.2, 0) is 30.7 Å². The molecule has 6 rings (SSSR count). The van der Waals surface area contributed by atoms with Crippen molar-refractivity contribution in [2.24, 2.45) is 0 Å². The second kappa shape index (κ2) is 9.25. The van der Waals surface area contributed by atoms with Crippen LogP contribution in [0.15, 0.2) is 12.1 Å². The maximum atomic E-state index is 6.52. The molecule has 4 heterocycles. The number of anilines is 1. The minimum absolute atomic E-state index is 0.587. The van der Waals surface area contributed by atoms with E-state index in [-0.39, 0.29) is 0 Å². The van der Waals surface area contributed by atoms with Crippen LogP contribution in [0.1, 0.15) is 34.7 Å². The van der Waals surface area contributed by atoms with E-state index in [0.717, 1.165) is 74.1 Å². The highest BCUT2D eigenvalue weighted by Gasteiger charge is 2.23. The summed E-state index contributed by atoms with van der Waals surface area (Å²) < 4.78 is 17.1. The van der Waals surface area contributed by atoms with Gasteiger partial charge in [0.2, 0.25) is 0 Å². The maximum Gasteiger partial charge on any atom is 0.179 e. The van der Waals surface area contributed by atoms with Crippen molar-refractivity contribution in [3.8, 4) is 11.5 Å². The number of nitrogens with one attached hydrogen (secondary N) is 1. The van der Waals surface area contributed by atoms with Crippen LogP contribution in [0, 0.1) is 0 Å². The van der Waals surface area contributed by atoms with Crippen LogP contribution >= 0.6 is 22.9 Å². The Morgan fingerprint density at radius 1 is 1.03 bits per heavy atom. The monoisotopic (exact) mass is 486 g/mol. The molecule has 2 aliphatic heterocycles. The molecule has 1 N–H and O–H groups in total. The topological polar surface area (TPSA) is 68.7 Å². The van der Waals surface area contributed by atoms with Crippen molar-refractivity contribution >= 4 is 39.0 Å². The van der Waals surface area contributed by atoms with E-state index in [4.69, 9.17) is 35.8 Å². The van der Waals surface area contributed by atoms with Crippen LogP contribution in [0.5, 0.6) is 11.5 Å². The summed E-state index contributed by atoms with van der Waals surface area (Å²) in [6, 6.07) is 3.97. The Kier molecular flexibility index (Phi) is 6.00. The summed E-state index contributed by atoms with van der Waals surface area (Å²) >= 11 is 8.35. The summed E-state index contributed by atoms with van der Waals surface area (Å²) in [7, 11) is 0. The van der Waals surface area contributed by atoms with Crippen LogP contribution in [0.25, 0.3) is 10.2 Å². The molecule has 1 aliphatic carbocycles. The van der Waals surface area contributed by atoms with E-state index in [2.05, 4.69) is 10.2 Å². The van der Waals surface area contributed by atoms with Crippen LogP contribution < -0.4 is 14.8 Å².